The highest BCUT2D eigenvalue weighted by molar-refractivity contribution is 7.92. The zero-order valence-electron chi connectivity index (χ0n) is 28.1. The summed E-state index contributed by atoms with van der Waals surface area (Å²) in [6.45, 7) is 7.68. The van der Waals surface area contributed by atoms with Gasteiger partial charge in [0.1, 0.15) is 5.75 Å². The van der Waals surface area contributed by atoms with Crippen molar-refractivity contribution in [1.82, 2.24) is 10.6 Å². The molecule has 0 radical (unpaired) electrons. The minimum Gasteiger partial charge on any atom is -0.494 e. The molecule has 0 unspecified atom stereocenters. The zero-order chi connectivity index (χ0) is 33.6. The van der Waals surface area contributed by atoms with Crippen LogP contribution in [0.1, 0.15) is 85.8 Å². The highest BCUT2D eigenvalue weighted by Gasteiger charge is 2.44. The van der Waals surface area contributed by atoms with Crippen LogP contribution in [0.5, 0.6) is 5.75 Å². The largest absolute Gasteiger partial charge is 0.494 e. The van der Waals surface area contributed by atoms with Crippen LogP contribution in [0, 0.1) is 0 Å². The fourth-order valence-corrected chi connectivity index (χ4v) is 7.33. The summed E-state index contributed by atoms with van der Waals surface area (Å²) in [5.74, 6) is 0.802. The van der Waals surface area contributed by atoms with E-state index in [9.17, 15) is 18.3 Å². The van der Waals surface area contributed by atoms with Crippen LogP contribution in [0.4, 0.5) is 11.4 Å². The van der Waals surface area contributed by atoms with E-state index < -0.39 is 22.2 Å². The van der Waals surface area contributed by atoms with E-state index in [2.05, 4.69) is 54.1 Å². The van der Waals surface area contributed by atoms with Crippen molar-refractivity contribution >= 4 is 27.3 Å². The highest BCUT2D eigenvalue weighted by Crippen LogP contribution is 2.46. The molecule has 1 saturated carbocycles. The Kier molecular flexibility index (Phi) is 11.1. The van der Waals surface area contributed by atoms with Gasteiger partial charge in [-0.25, -0.2) is 8.42 Å². The van der Waals surface area contributed by atoms with Gasteiger partial charge in [-0.15, -0.1) is 0 Å². The number of amides is 1. The molecule has 1 aliphatic heterocycles. The first-order valence-electron chi connectivity index (χ1n) is 16.9. The first-order valence-corrected chi connectivity index (χ1v) is 18.5. The van der Waals surface area contributed by atoms with Gasteiger partial charge in [-0.1, -0.05) is 57.2 Å². The van der Waals surface area contributed by atoms with Crippen molar-refractivity contribution < 1.29 is 23.1 Å². The fourth-order valence-electron chi connectivity index (χ4n) is 6.11. The van der Waals surface area contributed by atoms with E-state index in [1.807, 2.05) is 31.2 Å². The van der Waals surface area contributed by atoms with E-state index in [1.165, 1.54) is 22.5 Å². The van der Waals surface area contributed by atoms with Crippen LogP contribution in [0.2, 0.25) is 0 Å². The van der Waals surface area contributed by atoms with Crippen LogP contribution in [0.3, 0.4) is 0 Å². The number of nitrogens with one attached hydrogen (secondary N) is 3. The molecule has 3 aromatic rings. The number of benzene rings is 3. The molecule has 10 heteroatoms. The van der Waals surface area contributed by atoms with Gasteiger partial charge in [0, 0.05) is 36.9 Å². The van der Waals surface area contributed by atoms with Gasteiger partial charge in [0.25, 0.3) is 5.91 Å². The Hall–Kier alpha value is -3.60. The lowest BCUT2D eigenvalue weighted by Crippen LogP contribution is -2.50. The highest BCUT2D eigenvalue weighted by atomic mass is 32.2. The molecule has 1 aliphatic carbocycles. The number of aliphatic hydroxyl groups is 1. The number of carbonyl (C=O) groups is 1. The minimum atomic E-state index is -3.56. The number of carbonyl (C=O) groups excluding carboxylic acids is 1. The summed E-state index contributed by atoms with van der Waals surface area (Å²) in [6, 6.07) is 20.9. The molecule has 4 N–H and O–H groups in total. The molecule has 3 aromatic carbocycles. The van der Waals surface area contributed by atoms with Crippen LogP contribution >= 0.6 is 0 Å². The molecule has 47 heavy (non-hydrogen) atoms. The van der Waals surface area contributed by atoms with E-state index in [-0.39, 0.29) is 23.7 Å². The van der Waals surface area contributed by atoms with Gasteiger partial charge in [-0.3, -0.25) is 9.10 Å². The monoisotopic (exact) mass is 662 g/mol. The van der Waals surface area contributed by atoms with Gasteiger partial charge in [0.15, 0.2) is 0 Å². The Labute approximate surface area is 280 Å². The van der Waals surface area contributed by atoms with Crippen molar-refractivity contribution in [3.8, 4) is 5.75 Å². The lowest BCUT2D eigenvalue weighted by Gasteiger charge is -2.28. The van der Waals surface area contributed by atoms with Gasteiger partial charge in [0.2, 0.25) is 10.0 Å². The summed E-state index contributed by atoms with van der Waals surface area (Å²) in [5, 5.41) is 21.8. The Morgan fingerprint density at radius 1 is 1.06 bits per heavy atom. The minimum absolute atomic E-state index is 0.00622. The predicted octanol–water partition coefficient (Wildman–Crippen LogP) is 5.55. The van der Waals surface area contributed by atoms with Crippen molar-refractivity contribution in [2.45, 2.75) is 82.9 Å². The molecule has 254 valence electrons. The molecule has 0 spiro atoms. The van der Waals surface area contributed by atoms with Crippen molar-refractivity contribution in [3.05, 3.63) is 89.0 Å². The maximum absolute atomic E-state index is 13.9. The Morgan fingerprint density at radius 3 is 2.60 bits per heavy atom. The van der Waals surface area contributed by atoms with Crippen LogP contribution in [-0.4, -0.2) is 64.1 Å². The quantitative estimate of drug-likeness (QED) is 0.225. The number of aliphatic hydroxyl groups excluding tert-OH is 1. The number of anilines is 2. The molecule has 1 heterocycles. The van der Waals surface area contributed by atoms with Crippen LogP contribution in [-0.2, 0) is 22.0 Å². The number of rotatable bonds is 10. The summed E-state index contributed by atoms with van der Waals surface area (Å²) in [5.41, 5.74) is 4.64. The van der Waals surface area contributed by atoms with Gasteiger partial charge in [-0.05, 0) is 91.5 Å². The fraction of sp³-hybridized carbons (Fsp3) is 0.486. The first-order chi connectivity index (χ1) is 22.5. The number of ether oxygens (including phenoxy) is 1. The van der Waals surface area contributed by atoms with E-state index in [0.29, 0.717) is 48.8 Å². The lowest BCUT2D eigenvalue weighted by molar-refractivity contribution is 0.0822. The van der Waals surface area contributed by atoms with Crippen LogP contribution in [0.15, 0.2) is 66.7 Å². The summed E-state index contributed by atoms with van der Waals surface area (Å²) >= 11 is 0. The van der Waals surface area contributed by atoms with Crippen LogP contribution in [0.25, 0.3) is 0 Å². The average Bonchev–Trinajstić information content (AvgIpc) is 3.85. The van der Waals surface area contributed by atoms with Gasteiger partial charge >= 0.3 is 0 Å². The third-order valence-corrected chi connectivity index (χ3v) is 11.2. The molecular formula is C37H50N4O5S. The molecule has 1 fully saturated rings. The second-order valence-electron chi connectivity index (χ2n) is 13.3. The van der Waals surface area contributed by atoms with Crippen molar-refractivity contribution in [2.24, 2.45) is 0 Å². The van der Waals surface area contributed by atoms with Gasteiger partial charge < -0.3 is 25.8 Å². The standard InChI is InChI=1S/C37H50N4O5S/c1-5-18-47(44,45)41(4)32-23-29-22-31(24-32)38-16-6-7-17-46-33-13-8-10-27(19-33)20-34(40-36(29)43)35(42)25-39-37(14-15-37)30-12-9-11-28(21-30)26(2)3/h8-13,19,21-24,26,34-35,38-39,42H,5-7,14-18,20,25H2,1-4H3,(H,40,43)/t34-,35+/m0/s1. The Bertz CT molecular complexity index is 1640. The molecule has 4 bridgehead atoms. The maximum Gasteiger partial charge on any atom is 0.251 e. The average molecular weight is 663 g/mol. The van der Waals surface area contributed by atoms with E-state index in [0.717, 1.165) is 37.0 Å². The Balaban J connectivity index is 1.42. The SMILES string of the molecule is CCCS(=O)(=O)N(C)c1cc2cc(c1)C(=O)N[C@H]([C@H](O)CNC1(c3cccc(C(C)C)c3)CC1)Cc1cccc(c1)OCCCCN2. The zero-order valence-corrected chi connectivity index (χ0v) is 28.9. The smallest absolute Gasteiger partial charge is 0.251 e. The van der Waals surface area contributed by atoms with E-state index in [4.69, 9.17) is 4.74 Å². The maximum atomic E-state index is 13.9. The Morgan fingerprint density at radius 2 is 1.85 bits per heavy atom. The van der Waals surface area contributed by atoms with Crippen LogP contribution < -0.4 is 25.0 Å². The van der Waals surface area contributed by atoms with E-state index >= 15 is 0 Å². The topological polar surface area (TPSA) is 120 Å². The molecule has 2 aliphatic rings. The predicted molar refractivity (Wildman–Crippen MR) is 189 cm³/mol. The second kappa shape index (κ2) is 15.1. The molecule has 2 atom stereocenters. The summed E-state index contributed by atoms with van der Waals surface area (Å²) in [4.78, 5) is 13.9. The number of hydrogen-bond donors (Lipinski definition) is 4. The molecule has 0 aromatic heterocycles. The molecule has 9 nitrogen and oxygen atoms in total. The lowest BCUT2D eigenvalue weighted by atomic mass is 9.95. The number of hydrogen-bond acceptors (Lipinski definition) is 7. The van der Waals surface area contributed by atoms with Crippen molar-refractivity contribution in [2.75, 3.05) is 42.1 Å². The number of nitrogens with zero attached hydrogens (tertiary/aromatic N) is 1. The first kappa shape index (κ1) is 34.7. The third kappa shape index (κ3) is 8.86. The van der Waals surface area contributed by atoms with Gasteiger partial charge in [-0.2, -0.15) is 0 Å². The second-order valence-corrected chi connectivity index (χ2v) is 15.4. The molecule has 5 rings (SSSR count). The normalized spacial score (nSPS) is 18.9. The third-order valence-electron chi connectivity index (χ3n) is 9.23. The summed E-state index contributed by atoms with van der Waals surface area (Å²) in [6.07, 6.45) is 3.59. The summed E-state index contributed by atoms with van der Waals surface area (Å²) in [7, 11) is -2.04. The van der Waals surface area contributed by atoms with Crippen molar-refractivity contribution in [1.29, 1.82) is 0 Å². The van der Waals surface area contributed by atoms with Crippen molar-refractivity contribution in [3.63, 3.8) is 0 Å². The number of fused-ring (bicyclic) bond motifs is 4. The van der Waals surface area contributed by atoms with E-state index in [1.54, 1.807) is 18.2 Å². The van der Waals surface area contributed by atoms with Gasteiger partial charge in [0.05, 0.1) is 30.2 Å². The molecule has 0 saturated heterocycles. The molecule has 1 amide bonds. The molecular weight excluding hydrogens is 612 g/mol. The number of sulfonamides is 1. The summed E-state index contributed by atoms with van der Waals surface area (Å²) < 4.78 is 33.2.